The summed E-state index contributed by atoms with van der Waals surface area (Å²) in [6.07, 6.45) is 5.86. The Kier molecular flexibility index (Phi) is 2.13. The number of esters is 1. The number of ether oxygens (including phenoxy) is 1. The standard InChI is InChI=1S/C11H16O3/c1-2-14-9(13)11(8-12)6-10(7-11)4-3-5-10/h8H,2-7H2,1H3. The largest absolute Gasteiger partial charge is 0.465 e. The molecule has 14 heavy (non-hydrogen) atoms. The second-order valence-corrected chi connectivity index (χ2v) is 4.70. The van der Waals surface area contributed by atoms with Crippen molar-refractivity contribution >= 4 is 12.3 Å². The Bertz CT molecular complexity index is 258. The minimum atomic E-state index is -0.781. The van der Waals surface area contributed by atoms with Crippen molar-refractivity contribution in [1.82, 2.24) is 0 Å². The van der Waals surface area contributed by atoms with Gasteiger partial charge in [0.2, 0.25) is 0 Å². The van der Waals surface area contributed by atoms with E-state index in [0.717, 1.165) is 19.1 Å². The average Bonchev–Trinajstić information content (AvgIpc) is 2.01. The molecule has 2 rings (SSSR count). The third-order valence-corrected chi connectivity index (χ3v) is 3.70. The predicted molar refractivity (Wildman–Crippen MR) is 50.6 cm³/mol. The minimum Gasteiger partial charge on any atom is -0.465 e. The van der Waals surface area contributed by atoms with Gasteiger partial charge in [-0.2, -0.15) is 0 Å². The molecule has 2 saturated carbocycles. The lowest BCUT2D eigenvalue weighted by Gasteiger charge is -2.57. The van der Waals surface area contributed by atoms with Crippen LogP contribution in [0.5, 0.6) is 0 Å². The van der Waals surface area contributed by atoms with Crippen molar-refractivity contribution in [2.24, 2.45) is 10.8 Å². The molecule has 1 spiro atoms. The van der Waals surface area contributed by atoms with E-state index in [1.165, 1.54) is 19.3 Å². The third-order valence-electron chi connectivity index (χ3n) is 3.70. The maximum atomic E-state index is 11.6. The van der Waals surface area contributed by atoms with Crippen molar-refractivity contribution in [3.63, 3.8) is 0 Å². The van der Waals surface area contributed by atoms with Gasteiger partial charge in [0.15, 0.2) is 0 Å². The van der Waals surface area contributed by atoms with Crippen LogP contribution in [0.15, 0.2) is 0 Å². The minimum absolute atomic E-state index is 0.312. The van der Waals surface area contributed by atoms with Gasteiger partial charge in [-0.25, -0.2) is 0 Å². The molecule has 0 atom stereocenters. The van der Waals surface area contributed by atoms with Crippen LogP contribution in [0.25, 0.3) is 0 Å². The molecule has 78 valence electrons. The Morgan fingerprint density at radius 1 is 1.43 bits per heavy atom. The van der Waals surface area contributed by atoms with Gasteiger partial charge in [-0.05, 0) is 38.0 Å². The summed E-state index contributed by atoms with van der Waals surface area (Å²) in [5.74, 6) is -0.312. The number of rotatable bonds is 3. The third kappa shape index (κ3) is 1.18. The predicted octanol–water partition coefficient (Wildman–Crippen LogP) is 1.70. The smallest absolute Gasteiger partial charge is 0.319 e. The first-order valence-electron chi connectivity index (χ1n) is 5.30. The molecule has 0 aromatic carbocycles. The van der Waals surface area contributed by atoms with Gasteiger partial charge in [-0.15, -0.1) is 0 Å². The molecule has 2 aliphatic carbocycles. The van der Waals surface area contributed by atoms with E-state index in [1.54, 1.807) is 6.92 Å². The van der Waals surface area contributed by atoms with Crippen molar-refractivity contribution in [1.29, 1.82) is 0 Å². The molecular formula is C11H16O3. The van der Waals surface area contributed by atoms with Crippen LogP contribution in [0.1, 0.15) is 39.0 Å². The SMILES string of the molecule is CCOC(=O)C1(C=O)CC2(CCC2)C1. The van der Waals surface area contributed by atoms with E-state index in [-0.39, 0.29) is 5.97 Å². The molecule has 2 aliphatic rings. The Morgan fingerprint density at radius 2 is 2.07 bits per heavy atom. The van der Waals surface area contributed by atoms with Crippen LogP contribution in [-0.4, -0.2) is 18.9 Å². The summed E-state index contributed by atoms with van der Waals surface area (Å²) >= 11 is 0. The van der Waals surface area contributed by atoms with Gasteiger partial charge in [0.1, 0.15) is 11.7 Å². The zero-order chi connectivity index (χ0) is 10.2. The molecule has 0 bridgehead atoms. The molecule has 0 aromatic heterocycles. The summed E-state index contributed by atoms with van der Waals surface area (Å²) in [5, 5.41) is 0. The maximum Gasteiger partial charge on any atom is 0.319 e. The summed E-state index contributed by atoms with van der Waals surface area (Å²) in [5.41, 5.74) is -0.454. The summed E-state index contributed by atoms with van der Waals surface area (Å²) < 4.78 is 4.93. The molecule has 0 amide bonds. The van der Waals surface area contributed by atoms with Gasteiger partial charge >= 0.3 is 5.97 Å². The van der Waals surface area contributed by atoms with Crippen molar-refractivity contribution in [3.8, 4) is 0 Å². The monoisotopic (exact) mass is 196 g/mol. The fourth-order valence-corrected chi connectivity index (χ4v) is 2.87. The van der Waals surface area contributed by atoms with Crippen LogP contribution >= 0.6 is 0 Å². The van der Waals surface area contributed by atoms with Crippen LogP contribution < -0.4 is 0 Å². The molecule has 0 saturated heterocycles. The number of hydrogen-bond donors (Lipinski definition) is 0. The number of hydrogen-bond acceptors (Lipinski definition) is 3. The highest BCUT2D eigenvalue weighted by Crippen LogP contribution is 2.63. The Hall–Kier alpha value is -0.860. The zero-order valence-corrected chi connectivity index (χ0v) is 8.54. The Labute approximate surface area is 83.8 Å². The van der Waals surface area contributed by atoms with Gasteiger partial charge in [0.05, 0.1) is 6.61 Å². The van der Waals surface area contributed by atoms with Crippen LogP contribution in [0.3, 0.4) is 0 Å². The highest BCUT2D eigenvalue weighted by molar-refractivity contribution is 5.94. The van der Waals surface area contributed by atoms with E-state index in [2.05, 4.69) is 0 Å². The second kappa shape index (κ2) is 3.07. The number of aldehydes is 1. The topological polar surface area (TPSA) is 43.4 Å². The summed E-state index contributed by atoms with van der Waals surface area (Å²) in [4.78, 5) is 22.5. The van der Waals surface area contributed by atoms with Crippen LogP contribution in [0.2, 0.25) is 0 Å². The molecule has 3 nitrogen and oxygen atoms in total. The molecule has 0 unspecified atom stereocenters. The van der Waals surface area contributed by atoms with Gasteiger partial charge in [-0.3, -0.25) is 4.79 Å². The normalized spacial score (nSPS) is 26.1. The van der Waals surface area contributed by atoms with E-state index in [1.807, 2.05) is 0 Å². The van der Waals surface area contributed by atoms with Crippen molar-refractivity contribution in [2.45, 2.75) is 39.0 Å². The number of carbonyl (C=O) groups excluding carboxylic acids is 2. The van der Waals surface area contributed by atoms with Gasteiger partial charge in [0, 0.05) is 0 Å². The summed E-state index contributed by atoms with van der Waals surface area (Å²) in [6, 6.07) is 0. The fourth-order valence-electron chi connectivity index (χ4n) is 2.87. The van der Waals surface area contributed by atoms with E-state index >= 15 is 0 Å². The Morgan fingerprint density at radius 3 is 2.43 bits per heavy atom. The molecule has 3 heteroatoms. The Balaban J connectivity index is 2.00. The van der Waals surface area contributed by atoms with Gasteiger partial charge in [-0.1, -0.05) is 6.42 Å². The lowest BCUT2D eigenvalue weighted by Crippen LogP contribution is -2.55. The van der Waals surface area contributed by atoms with Crippen LogP contribution in [-0.2, 0) is 14.3 Å². The van der Waals surface area contributed by atoms with E-state index in [4.69, 9.17) is 4.74 Å². The van der Waals surface area contributed by atoms with E-state index in [9.17, 15) is 9.59 Å². The molecule has 2 fully saturated rings. The first-order valence-corrected chi connectivity index (χ1v) is 5.30. The molecular weight excluding hydrogens is 180 g/mol. The quantitative estimate of drug-likeness (QED) is 0.392. The first kappa shape index (κ1) is 9.69. The maximum absolute atomic E-state index is 11.6. The average molecular weight is 196 g/mol. The lowest BCUT2D eigenvalue weighted by atomic mass is 9.46. The van der Waals surface area contributed by atoms with Crippen LogP contribution in [0, 0.1) is 10.8 Å². The van der Waals surface area contributed by atoms with E-state index < -0.39 is 5.41 Å². The van der Waals surface area contributed by atoms with Crippen molar-refractivity contribution < 1.29 is 14.3 Å². The first-order chi connectivity index (χ1) is 6.66. The molecule has 0 aliphatic heterocycles. The van der Waals surface area contributed by atoms with Crippen molar-refractivity contribution in [3.05, 3.63) is 0 Å². The van der Waals surface area contributed by atoms with Crippen molar-refractivity contribution in [2.75, 3.05) is 6.61 Å². The molecule has 0 heterocycles. The van der Waals surface area contributed by atoms with Gasteiger partial charge < -0.3 is 9.53 Å². The molecule has 0 radical (unpaired) electrons. The number of carbonyl (C=O) groups is 2. The highest BCUT2D eigenvalue weighted by atomic mass is 16.5. The summed E-state index contributed by atoms with van der Waals surface area (Å²) in [7, 11) is 0. The lowest BCUT2D eigenvalue weighted by molar-refractivity contribution is -0.179. The highest BCUT2D eigenvalue weighted by Gasteiger charge is 2.61. The van der Waals surface area contributed by atoms with E-state index in [0.29, 0.717) is 12.0 Å². The molecule has 0 aromatic rings. The molecule has 0 N–H and O–H groups in total. The van der Waals surface area contributed by atoms with Gasteiger partial charge in [0.25, 0.3) is 0 Å². The summed E-state index contributed by atoms with van der Waals surface area (Å²) in [6.45, 7) is 2.13. The second-order valence-electron chi connectivity index (χ2n) is 4.70. The van der Waals surface area contributed by atoms with Crippen LogP contribution in [0.4, 0.5) is 0 Å². The fraction of sp³-hybridized carbons (Fsp3) is 0.818. The zero-order valence-electron chi connectivity index (χ0n) is 8.54.